The van der Waals surface area contributed by atoms with Crippen LogP contribution in [0.4, 0.5) is 8.78 Å². The molecule has 78 valence electrons. The molecule has 0 spiro atoms. The molecule has 0 atom stereocenters. The molecule has 0 nitrogen and oxygen atoms in total. The number of benzene rings is 1. The average Bonchev–Trinajstić information content (AvgIpc) is 2.49. The van der Waals surface area contributed by atoms with E-state index in [2.05, 4.69) is 6.92 Å². The van der Waals surface area contributed by atoms with Gasteiger partial charge in [0.15, 0.2) is 11.6 Å². The van der Waals surface area contributed by atoms with Crippen LogP contribution in [0.2, 0.25) is 0 Å². The predicted octanol–water partition coefficient (Wildman–Crippen LogP) is 3.73. The van der Waals surface area contributed by atoms with Crippen LogP contribution < -0.4 is 0 Å². The first-order valence-electron chi connectivity index (χ1n) is 5.13. The molecule has 0 saturated carbocycles. The fourth-order valence-corrected chi connectivity index (χ4v) is 1.83. The van der Waals surface area contributed by atoms with Crippen molar-refractivity contribution in [2.75, 3.05) is 0 Å². The zero-order chi connectivity index (χ0) is 10.7. The molecule has 0 fully saturated rings. The van der Waals surface area contributed by atoms with E-state index in [1.54, 1.807) is 0 Å². The molecule has 1 aliphatic rings. The van der Waals surface area contributed by atoms with Gasteiger partial charge in [0, 0.05) is 0 Å². The fourth-order valence-electron chi connectivity index (χ4n) is 1.83. The van der Waals surface area contributed by atoms with E-state index >= 15 is 0 Å². The minimum absolute atomic E-state index is 0.529. The van der Waals surface area contributed by atoms with Gasteiger partial charge in [-0.3, -0.25) is 0 Å². The third kappa shape index (κ3) is 2.11. The second-order valence-electron chi connectivity index (χ2n) is 3.55. The van der Waals surface area contributed by atoms with E-state index in [-0.39, 0.29) is 0 Å². The highest BCUT2D eigenvalue weighted by molar-refractivity contribution is 5.33. The van der Waals surface area contributed by atoms with Crippen molar-refractivity contribution in [2.24, 2.45) is 5.92 Å². The first-order chi connectivity index (χ1) is 6.66. The Bertz CT molecular complexity index is 287. The summed E-state index contributed by atoms with van der Waals surface area (Å²) in [6.45, 7) is 6.09. The summed E-state index contributed by atoms with van der Waals surface area (Å²) < 4.78 is 25.5. The maximum absolute atomic E-state index is 12.7. The highest BCUT2D eigenvalue weighted by atomic mass is 19.2. The Morgan fingerprint density at radius 1 is 1.00 bits per heavy atom. The highest BCUT2D eigenvalue weighted by Gasteiger charge is 2.19. The standard InChI is InChI=1S/C10H10F2.C2H6/c1-6-2-7-4-9(11)10(12)5-8(7)3-6;1-2/h4-6H,2-3H2,1H3;1-2H3. The van der Waals surface area contributed by atoms with E-state index in [9.17, 15) is 8.78 Å². The summed E-state index contributed by atoms with van der Waals surface area (Å²) in [6, 6.07) is 2.66. The van der Waals surface area contributed by atoms with Crippen molar-refractivity contribution >= 4 is 0 Å². The topological polar surface area (TPSA) is 0 Å². The molecule has 1 aliphatic carbocycles. The molecule has 2 heteroatoms. The molecule has 0 amide bonds. The molecule has 0 aromatic heterocycles. The van der Waals surface area contributed by atoms with Gasteiger partial charge in [-0.25, -0.2) is 8.78 Å². The summed E-state index contributed by atoms with van der Waals surface area (Å²) in [7, 11) is 0. The molecule has 2 rings (SSSR count). The summed E-state index contributed by atoms with van der Waals surface area (Å²) in [6.07, 6.45) is 1.76. The molecule has 0 saturated heterocycles. The van der Waals surface area contributed by atoms with Gasteiger partial charge in [-0.15, -0.1) is 0 Å². The van der Waals surface area contributed by atoms with Crippen LogP contribution in [0.1, 0.15) is 31.9 Å². The molecule has 14 heavy (non-hydrogen) atoms. The molecule has 1 aromatic rings. The molecule has 0 unspecified atom stereocenters. The molecule has 1 aromatic carbocycles. The van der Waals surface area contributed by atoms with Gasteiger partial charge in [0.2, 0.25) is 0 Å². The third-order valence-electron chi connectivity index (χ3n) is 2.38. The average molecular weight is 198 g/mol. The Labute approximate surface area is 84.0 Å². The van der Waals surface area contributed by atoms with Gasteiger partial charge in [0.1, 0.15) is 0 Å². The van der Waals surface area contributed by atoms with Crippen molar-refractivity contribution in [3.63, 3.8) is 0 Å². The van der Waals surface area contributed by atoms with Crippen LogP contribution >= 0.6 is 0 Å². The molecular formula is C12H16F2. The van der Waals surface area contributed by atoms with E-state index in [0.717, 1.165) is 24.0 Å². The van der Waals surface area contributed by atoms with Gasteiger partial charge < -0.3 is 0 Å². The van der Waals surface area contributed by atoms with Crippen LogP contribution in [0.25, 0.3) is 0 Å². The van der Waals surface area contributed by atoms with Gasteiger partial charge >= 0.3 is 0 Å². The van der Waals surface area contributed by atoms with Gasteiger partial charge in [0.25, 0.3) is 0 Å². The maximum atomic E-state index is 12.7. The van der Waals surface area contributed by atoms with Gasteiger partial charge in [-0.2, -0.15) is 0 Å². The molecule has 0 radical (unpaired) electrons. The summed E-state index contributed by atoms with van der Waals surface area (Å²) in [4.78, 5) is 0. The van der Waals surface area contributed by atoms with Crippen LogP contribution in [0.15, 0.2) is 12.1 Å². The van der Waals surface area contributed by atoms with E-state index in [0.29, 0.717) is 5.92 Å². The lowest BCUT2D eigenvalue weighted by Crippen LogP contribution is -1.89. The van der Waals surface area contributed by atoms with E-state index < -0.39 is 11.6 Å². The van der Waals surface area contributed by atoms with Crippen LogP contribution in [-0.2, 0) is 12.8 Å². The predicted molar refractivity (Wildman–Crippen MR) is 54.3 cm³/mol. The number of hydrogen-bond donors (Lipinski definition) is 0. The largest absolute Gasteiger partial charge is 0.204 e. The smallest absolute Gasteiger partial charge is 0.159 e. The molecule has 0 bridgehead atoms. The SMILES string of the molecule is CC.CC1Cc2cc(F)c(F)cc2C1. The number of fused-ring (bicyclic) bond motifs is 1. The molecule has 0 N–H and O–H groups in total. The van der Waals surface area contributed by atoms with E-state index in [1.807, 2.05) is 13.8 Å². The van der Waals surface area contributed by atoms with Crippen molar-refractivity contribution in [2.45, 2.75) is 33.6 Å². The second-order valence-corrected chi connectivity index (χ2v) is 3.55. The molecule has 0 aliphatic heterocycles. The van der Waals surface area contributed by atoms with Crippen LogP contribution in [0, 0.1) is 17.6 Å². The third-order valence-corrected chi connectivity index (χ3v) is 2.38. The van der Waals surface area contributed by atoms with E-state index in [4.69, 9.17) is 0 Å². The normalized spacial score (nSPS) is 14.6. The van der Waals surface area contributed by atoms with Crippen LogP contribution in [0.3, 0.4) is 0 Å². The van der Waals surface area contributed by atoms with E-state index in [1.165, 1.54) is 12.1 Å². The second kappa shape index (κ2) is 4.54. The zero-order valence-corrected chi connectivity index (χ0v) is 8.90. The number of hydrogen-bond acceptors (Lipinski definition) is 0. The summed E-state index contributed by atoms with van der Waals surface area (Å²) in [5, 5.41) is 0. The van der Waals surface area contributed by atoms with Gasteiger partial charge in [-0.1, -0.05) is 20.8 Å². The Hall–Kier alpha value is -0.920. The highest BCUT2D eigenvalue weighted by Crippen LogP contribution is 2.27. The summed E-state index contributed by atoms with van der Waals surface area (Å²) in [5.41, 5.74) is 1.95. The lowest BCUT2D eigenvalue weighted by molar-refractivity contribution is 0.507. The van der Waals surface area contributed by atoms with Crippen molar-refractivity contribution in [3.05, 3.63) is 34.9 Å². The Balaban J connectivity index is 0.000000461. The molecular weight excluding hydrogens is 182 g/mol. The van der Waals surface area contributed by atoms with Crippen molar-refractivity contribution < 1.29 is 8.78 Å². The lowest BCUT2D eigenvalue weighted by atomic mass is 10.1. The van der Waals surface area contributed by atoms with Crippen LogP contribution in [-0.4, -0.2) is 0 Å². The van der Waals surface area contributed by atoms with Gasteiger partial charge in [0.05, 0.1) is 0 Å². The van der Waals surface area contributed by atoms with Crippen molar-refractivity contribution in [1.82, 2.24) is 0 Å². The zero-order valence-electron chi connectivity index (χ0n) is 8.90. The Morgan fingerprint density at radius 2 is 1.36 bits per heavy atom. The lowest BCUT2D eigenvalue weighted by Gasteiger charge is -1.98. The van der Waals surface area contributed by atoms with Crippen molar-refractivity contribution in [1.29, 1.82) is 0 Å². The first-order valence-corrected chi connectivity index (χ1v) is 5.13. The Kier molecular flexibility index (Phi) is 3.62. The minimum atomic E-state index is -0.720. The minimum Gasteiger partial charge on any atom is -0.204 e. The van der Waals surface area contributed by atoms with Crippen LogP contribution in [0.5, 0.6) is 0 Å². The van der Waals surface area contributed by atoms with Gasteiger partial charge in [-0.05, 0) is 42.0 Å². The van der Waals surface area contributed by atoms with Crippen molar-refractivity contribution in [3.8, 4) is 0 Å². The first kappa shape index (κ1) is 11.2. The quantitative estimate of drug-likeness (QED) is 0.596. The monoisotopic (exact) mass is 198 g/mol. The summed E-state index contributed by atoms with van der Waals surface area (Å²) >= 11 is 0. The maximum Gasteiger partial charge on any atom is 0.159 e. The number of rotatable bonds is 0. The summed E-state index contributed by atoms with van der Waals surface area (Å²) in [5.74, 6) is -0.910. The fraction of sp³-hybridized carbons (Fsp3) is 0.500. The number of halogens is 2. The molecule has 0 heterocycles. The Morgan fingerprint density at radius 3 is 1.71 bits per heavy atom.